The number of rotatable bonds is 2. The molecule has 3 rings (SSSR count). The fourth-order valence-electron chi connectivity index (χ4n) is 4.53. The van der Waals surface area contributed by atoms with Crippen LogP contribution in [-0.4, -0.2) is 17.7 Å². The van der Waals surface area contributed by atoms with Crippen LogP contribution in [-0.2, 0) is 0 Å². The summed E-state index contributed by atoms with van der Waals surface area (Å²) in [6.45, 7) is 8.66. The molecule has 1 N–H and O–H groups in total. The van der Waals surface area contributed by atoms with Crippen LogP contribution in [0.4, 0.5) is 0 Å². The van der Waals surface area contributed by atoms with E-state index >= 15 is 0 Å². The first-order chi connectivity index (χ1) is 10.5. The zero-order chi connectivity index (χ0) is 15.7. The number of aromatic nitrogens is 1. The van der Waals surface area contributed by atoms with Crippen LogP contribution in [0.3, 0.4) is 0 Å². The molecule has 1 saturated heterocycles. The summed E-state index contributed by atoms with van der Waals surface area (Å²) in [5, 5.41) is 3.48. The largest absolute Gasteiger partial charge is 0.317 e. The van der Waals surface area contributed by atoms with Crippen LogP contribution in [0.15, 0.2) is 17.1 Å². The van der Waals surface area contributed by atoms with Gasteiger partial charge in [-0.05, 0) is 81.5 Å². The quantitative estimate of drug-likeness (QED) is 0.902. The second-order valence-electron chi connectivity index (χ2n) is 7.74. The molecule has 0 amide bonds. The van der Waals surface area contributed by atoms with Crippen molar-refractivity contribution in [3.05, 3.63) is 33.7 Å². The van der Waals surface area contributed by atoms with Crippen molar-refractivity contribution < 1.29 is 0 Å². The third-order valence-electron chi connectivity index (χ3n) is 6.10. The van der Waals surface area contributed by atoms with Crippen LogP contribution in [0.2, 0.25) is 0 Å². The number of piperidine rings is 1. The smallest absolute Gasteiger partial charge is 0.253 e. The molecule has 1 aliphatic heterocycles. The van der Waals surface area contributed by atoms with E-state index < -0.39 is 0 Å². The zero-order valence-electron chi connectivity index (χ0n) is 14.3. The molecule has 3 nitrogen and oxygen atoms in total. The third kappa shape index (κ3) is 2.88. The lowest BCUT2D eigenvalue weighted by molar-refractivity contribution is 0.107. The first kappa shape index (κ1) is 15.8. The average molecular weight is 302 g/mol. The van der Waals surface area contributed by atoms with E-state index in [2.05, 4.69) is 31.4 Å². The lowest BCUT2D eigenvalue weighted by Crippen LogP contribution is -2.40. The first-order valence-electron chi connectivity index (χ1n) is 8.95. The molecule has 2 aliphatic rings. The van der Waals surface area contributed by atoms with Gasteiger partial charge >= 0.3 is 0 Å². The molecule has 0 unspecified atom stereocenters. The molecule has 1 aliphatic carbocycles. The highest BCUT2D eigenvalue weighted by Gasteiger charge is 2.36. The minimum absolute atomic E-state index is 0.234. The molecule has 0 atom stereocenters. The Hall–Kier alpha value is -1.09. The Bertz CT molecular complexity index is 572. The highest BCUT2D eigenvalue weighted by Crippen LogP contribution is 2.46. The fourth-order valence-corrected chi connectivity index (χ4v) is 4.53. The molecule has 0 bridgehead atoms. The Kier molecular flexibility index (Phi) is 4.44. The maximum absolute atomic E-state index is 12.7. The number of hydrogen-bond donors (Lipinski definition) is 1. The van der Waals surface area contributed by atoms with Crippen LogP contribution in [0.25, 0.3) is 0 Å². The van der Waals surface area contributed by atoms with Crippen LogP contribution < -0.4 is 10.9 Å². The summed E-state index contributed by atoms with van der Waals surface area (Å²) in [6.07, 6.45) is 9.60. The summed E-state index contributed by atoms with van der Waals surface area (Å²) < 4.78 is 2.02. The molecule has 0 radical (unpaired) electrons. The van der Waals surface area contributed by atoms with Crippen molar-refractivity contribution in [1.82, 2.24) is 9.88 Å². The summed E-state index contributed by atoms with van der Waals surface area (Å²) >= 11 is 0. The summed E-state index contributed by atoms with van der Waals surface area (Å²) in [5.41, 5.74) is 2.95. The molecule has 1 aromatic rings. The van der Waals surface area contributed by atoms with Gasteiger partial charge in [-0.15, -0.1) is 0 Å². The SMILES string of the molecule is Cc1c(C(C)C)ccn(C2CCC3(CCNCC3)CC2)c1=O. The van der Waals surface area contributed by atoms with E-state index in [4.69, 9.17) is 0 Å². The van der Waals surface area contributed by atoms with E-state index in [-0.39, 0.29) is 5.56 Å². The van der Waals surface area contributed by atoms with Crippen LogP contribution in [0.1, 0.15) is 75.5 Å². The molecular formula is C19H30N2O. The van der Waals surface area contributed by atoms with E-state index in [1.54, 1.807) is 0 Å². The average Bonchev–Trinajstić information content (AvgIpc) is 2.52. The van der Waals surface area contributed by atoms with Gasteiger partial charge in [0.2, 0.25) is 0 Å². The van der Waals surface area contributed by atoms with Crippen molar-refractivity contribution >= 4 is 0 Å². The summed E-state index contributed by atoms with van der Waals surface area (Å²) in [7, 11) is 0. The van der Waals surface area contributed by atoms with E-state index in [1.807, 2.05) is 11.5 Å². The first-order valence-corrected chi connectivity index (χ1v) is 8.95. The molecule has 1 spiro atoms. The van der Waals surface area contributed by atoms with Crippen LogP contribution in [0.5, 0.6) is 0 Å². The Morgan fingerprint density at radius 1 is 1.18 bits per heavy atom. The van der Waals surface area contributed by atoms with Crippen molar-refractivity contribution in [2.24, 2.45) is 5.41 Å². The number of hydrogen-bond acceptors (Lipinski definition) is 2. The van der Waals surface area contributed by atoms with Gasteiger partial charge in [-0.3, -0.25) is 4.79 Å². The summed E-state index contributed by atoms with van der Waals surface area (Å²) in [5.74, 6) is 0.423. The molecule has 1 saturated carbocycles. The summed E-state index contributed by atoms with van der Waals surface area (Å²) in [4.78, 5) is 12.7. The highest BCUT2D eigenvalue weighted by molar-refractivity contribution is 5.25. The number of nitrogens with zero attached hydrogens (tertiary/aromatic N) is 1. The second-order valence-corrected chi connectivity index (χ2v) is 7.74. The van der Waals surface area contributed by atoms with Crippen molar-refractivity contribution in [2.45, 2.75) is 71.3 Å². The molecular weight excluding hydrogens is 272 g/mol. The normalized spacial score (nSPS) is 22.4. The fraction of sp³-hybridized carbons (Fsp3) is 0.737. The molecule has 1 aromatic heterocycles. The molecule has 22 heavy (non-hydrogen) atoms. The van der Waals surface area contributed by atoms with Crippen molar-refractivity contribution in [2.75, 3.05) is 13.1 Å². The van der Waals surface area contributed by atoms with Gasteiger partial charge in [-0.25, -0.2) is 0 Å². The highest BCUT2D eigenvalue weighted by atomic mass is 16.1. The molecule has 2 heterocycles. The van der Waals surface area contributed by atoms with Gasteiger partial charge in [-0.1, -0.05) is 13.8 Å². The molecule has 0 aromatic carbocycles. The minimum atomic E-state index is 0.234. The van der Waals surface area contributed by atoms with Gasteiger partial charge in [0, 0.05) is 17.8 Å². The molecule has 2 fully saturated rings. The maximum atomic E-state index is 12.7. The van der Waals surface area contributed by atoms with Gasteiger partial charge in [0.15, 0.2) is 0 Å². The van der Waals surface area contributed by atoms with Crippen molar-refractivity contribution in [1.29, 1.82) is 0 Å². The number of nitrogens with one attached hydrogen (secondary N) is 1. The van der Waals surface area contributed by atoms with Gasteiger partial charge in [0.1, 0.15) is 0 Å². The Morgan fingerprint density at radius 3 is 2.41 bits per heavy atom. The van der Waals surface area contributed by atoms with E-state index in [9.17, 15) is 4.79 Å². The third-order valence-corrected chi connectivity index (χ3v) is 6.10. The molecule has 3 heteroatoms. The maximum Gasteiger partial charge on any atom is 0.253 e. The van der Waals surface area contributed by atoms with Gasteiger partial charge < -0.3 is 9.88 Å². The second kappa shape index (κ2) is 6.19. The minimum Gasteiger partial charge on any atom is -0.317 e. The van der Waals surface area contributed by atoms with E-state index in [1.165, 1.54) is 57.2 Å². The zero-order valence-corrected chi connectivity index (χ0v) is 14.3. The predicted octanol–water partition coefficient (Wildman–Crippen LogP) is 3.77. The lowest BCUT2D eigenvalue weighted by atomic mass is 9.67. The van der Waals surface area contributed by atoms with Crippen LogP contribution in [0, 0.1) is 12.3 Å². The van der Waals surface area contributed by atoms with E-state index in [0.717, 1.165) is 5.56 Å². The van der Waals surface area contributed by atoms with Gasteiger partial charge in [0.25, 0.3) is 5.56 Å². The van der Waals surface area contributed by atoms with Crippen LogP contribution >= 0.6 is 0 Å². The monoisotopic (exact) mass is 302 g/mol. The van der Waals surface area contributed by atoms with Gasteiger partial charge in [-0.2, -0.15) is 0 Å². The summed E-state index contributed by atoms with van der Waals surface area (Å²) in [6, 6.07) is 2.57. The number of pyridine rings is 1. The standard InChI is InChI=1S/C19H30N2O/c1-14(2)17-6-13-21(18(22)15(17)3)16-4-7-19(8-5-16)9-11-20-12-10-19/h6,13-14,16,20H,4-5,7-12H2,1-3H3. The molecule has 122 valence electrons. The van der Waals surface area contributed by atoms with Crippen molar-refractivity contribution in [3.8, 4) is 0 Å². The lowest BCUT2D eigenvalue weighted by Gasteiger charge is -2.43. The predicted molar refractivity (Wildman–Crippen MR) is 91.6 cm³/mol. The Balaban J connectivity index is 1.76. The van der Waals surface area contributed by atoms with E-state index in [0.29, 0.717) is 17.4 Å². The van der Waals surface area contributed by atoms with Crippen molar-refractivity contribution in [3.63, 3.8) is 0 Å². The Morgan fingerprint density at radius 2 is 1.82 bits per heavy atom. The Labute approximate surface area is 134 Å². The van der Waals surface area contributed by atoms with Gasteiger partial charge in [0.05, 0.1) is 0 Å². The topological polar surface area (TPSA) is 34.0 Å².